The lowest BCUT2D eigenvalue weighted by Gasteiger charge is -2.12. The lowest BCUT2D eigenvalue weighted by molar-refractivity contribution is 0.102. The van der Waals surface area contributed by atoms with Crippen LogP contribution in [0.2, 0.25) is 5.02 Å². The smallest absolute Gasteiger partial charge is 0.255 e. The normalized spacial score (nSPS) is 10.3. The summed E-state index contributed by atoms with van der Waals surface area (Å²) in [6, 6.07) is 18.0. The molecular weight excluding hydrogens is 378 g/mol. The maximum absolute atomic E-state index is 12.6. The highest BCUT2D eigenvalue weighted by Crippen LogP contribution is 2.36. The van der Waals surface area contributed by atoms with Crippen molar-refractivity contribution >= 4 is 23.2 Å². The molecule has 144 valence electrons. The number of methoxy groups -OCH3 is 2. The Hall–Kier alpha value is -3.18. The zero-order valence-electron chi connectivity index (χ0n) is 15.8. The van der Waals surface area contributed by atoms with Gasteiger partial charge in [-0.1, -0.05) is 29.8 Å². The van der Waals surface area contributed by atoms with E-state index in [0.29, 0.717) is 33.5 Å². The van der Waals surface area contributed by atoms with Gasteiger partial charge in [-0.05, 0) is 55.0 Å². The standard InChI is InChI=1S/C22H20ClNO4/c1-14-6-4-5-7-19(14)28-17-10-8-16(9-11-17)24-22(25)15-12-18(23)21(27-3)20(13-15)26-2/h4-13H,1-3H3,(H,24,25). The first-order valence-corrected chi connectivity index (χ1v) is 8.96. The summed E-state index contributed by atoms with van der Waals surface area (Å²) in [5.41, 5.74) is 2.04. The van der Waals surface area contributed by atoms with Gasteiger partial charge in [-0.3, -0.25) is 4.79 Å². The van der Waals surface area contributed by atoms with Crippen molar-refractivity contribution in [3.63, 3.8) is 0 Å². The number of hydrogen-bond acceptors (Lipinski definition) is 4. The zero-order valence-corrected chi connectivity index (χ0v) is 16.5. The molecule has 0 atom stereocenters. The summed E-state index contributed by atoms with van der Waals surface area (Å²) in [6.45, 7) is 1.98. The van der Waals surface area contributed by atoms with Crippen molar-refractivity contribution in [3.05, 3.63) is 76.8 Å². The summed E-state index contributed by atoms with van der Waals surface area (Å²) in [7, 11) is 2.98. The number of carbonyl (C=O) groups is 1. The van der Waals surface area contributed by atoms with Gasteiger partial charge in [0.2, 0.25) is 0 Å². The molecule has 0 radical (unpaired) electrons. The van der Waals surface area contributed by atoms with Gasteiger partial charge in [0.15, 0.2) is 11.5 Å². The van der Waals surface area contributed by atoms with Crippen LogP contribution in [-0.4, -0.2) is 20.1 Å². The van der Waals surface area contributed by atoms with Crippen LogP contribution in [0, 0.1) is 6.92 Å². The molecule has 3 rings (SSSR count). The van der Waals surface area contributed by atoms with Gasteiger partial charge in [-0.25, -0.2) is 0 Å². The predicted octanol–water partition coefficient (Wildman–Crippen LogP) is 5.71. The van der Waals surface area contributed by atoms with Gasteiger partial charge in [0.05, 0.1) is 19.2 Å². The highest BCUT2D eigenvalue weighted by atomic mass is 35.5. The minimum absolute atomic E-state index is 0.300. The van der Waals surface area contributed by atoms with Crippen LogP contribution in [-0.2, 0) is 0 Å². The van der Waals surface area contributed by atoms with Crippen LogP contribution in [0.25, 0.3) is 0 Å². The Balaban J connectivity index is 1.73. The molecule has 0 aromatic heterocycles. The first kappa shape index (κ1) is 19.6. The average molecular weight is 398 g/mol. The highest BCUT2D eigenvalue weighted by Gasteiger charge is 2.15. The topological polar surface area (TPSA) is 56.8 Å². The molecule has 0 aliphatic rings. The first-order valence-electron chi connectivity index (χ1n) is 8.58. The number of amides is 1. The van der Waals surface area contributed by atoms with Crippen LogP contribution in [0.3, 0.4) is 0 Å². The van der Waals surface area contributed by atoms with Crippen molar-refractivity contribution < 1.29 is 19.0 Å². The third-order valence-electron chi connectivity index (χ3n) is 4.13. The fourth-order valence-corrected chi connectivity index (χ4v) is 2.94. The molecular formula is C22H20ClNO4. The maximum atomic E-state index is 12.6. The molecule has 3 aromatic rings. The van der Waals surface area contributed by atoms with Crippen LogP contribution in [0.4, 0.5) is 5.69 Å². The Morgan fingerprint density at radius 3 is 2.29 bits per heavy atom. The molecule has 28 heavy (non-hydrogen) atoms. The number of aryl methyl sites for hydroxylation is 1. The number of ether oxygens (including phenoxy) is 3. The van der Waals surface area contributed by atoms with Gasteiger partial charge < -0.3 is 19.5 Å². The molecule has 0 spiro atoms. The number of anilines is 1. The first-order chi connectivity index (χ1) is 13.5. The summed E-state index contributed by atoms with van der Waals surface area (Å²) in [5, 5.41) is 3.13. The van der Waals surface area contributed by atoms with Gasteiger partial charge in [-0.15, -0.1) is 0 Å². The van der Waals surface area contributed by atoms with Gasteiger partial charge >= 0.3 is 0 Å². The summed E-state index contributed by atoms with van der Waals surface area (Å²) in [5.74, 6) is 1.94. The van der Waals surface area contributed by atoms with E-state index in [4.69, 9.17) is 25.8 Å². The molecule has 6 heteroatoms. The van der Waals surface area contributed by atoms with E-state index >= 15 is 0 Å². The van der Waals surface area contributed by atoms with Gasteiger partial charge in [0, 0.05) is 11.3 Å². The number of hydrogen-bond donors (Lipinski definition) is 1. The van der Waals surface area contributed by atoms with Crippen LogP contribution in [0.15, 0.2) is 60.7 Å². The van der Waals surface area contributed by atoms with Crippen molar-refractivity contribution in [1.82, 2.24) is 0 Å². The summed E-state index contributed by atoms with van der Waals surface area (Å²) < 4.78 is 16.3. The van der Waals surface area contributed by atoms with Crippen molar-refractivity contribution in [1.29, 1.82) is 0 Å². The third-order valence-corrected chi connectivity index (χ3v) is 4.41. The highest BCUT2D eigenvalue weighted by molar-refractivity contribution is 6.32. The molecule has 0 saturated heterocycles. The second-order valence-electron chi connectivity index (χ2n) is 6.04. The fourth-order valence-electron chi connectivity index (χ4n) is 2.66. The maximum Gasteiger partial charge on any atom is 0.255 e. The number of rotatable bonds is 6. The van der Waals surface area contributed by atoms with E-state index in [9.17, 15) is 4.79 Å². The predicted molar refractivity (Wildman–Crippen MR) is 110 cm³/mol. The molecule has 0 aliphatic carbocycles. The molecule has 0 aliphatic heterocycles. The minimum Gasteiger partial charge on any atom is -0.493 e. The van der Waals surface area contributed by atoms with Crippen LogP contribution in [0.5, 0.6) is 23.0 Å². The summed E-state index contributed by atoms with van der Waals surface area (Å²) >= 11 is 6.17. The number of benzene rings is 3. The van der Waals surface area contributed by atoms with E-state index in [1.54, 1.807) is 30.3 Å². The van der Waals surface area contributed by atoms with Crippen LogP contribution < -0.4 is 19.5 Å². The Morgan fingerprint density at radius 1 is 0.929 bits per heavy atom. The zero-order chi connectivity index (χ0) is 20.1. The van der Waals surface area contributed by atoms with E-state index < -0.39 is 0 Å². The van der Waals surface area contributed by atoms with Gasteiger partial charge in [0.25, 0.3) is 5.91 Å². The third kappa shape index (κ3) is 4.38. The lowest BCUT2D eigenvalue weighted by atomic mass is 10.1. The van der Waals surface area contributed by atoms with E-state index in [1.165, 1.54) is 20.3 Å². The second-order valence-corrected chi connectivity index (χ2v) is 6.45. The molecule has 0 heterocycles. The molecule has 0 bridgehead atoms. The van der Waals surface area contributed by atoms with Crippen molar-refractivity contribution in [2.24, 2.45) is 0 Å². The number of para-hydroxylation sites is 1. The molecule has 3 aromatic carbocycles. The molecule has 5 nitrogen and oxygen atoms in total. The summed E-state index contributed by atoms with van der Waals surface area (Å²) in [6.07, 6.45) is 0. The Morgan fingerprint density at radius 2 is 1.64 bits per heavy atom. The average Bonchev–Trinajstić information content (AvgIpc) is 2.70. The van der Waals surface area contributed by atoms with E-state index in [2.05, 4.69) is 5.32 Å². The van der Waals surface area contributed by atoms with E-state index in [-0.39, 0.29) is 5.91 Å². The van der Waals surface area contributed by atoms with Gasteiger partial charge in [-0.2, -0.15) is 0 Å². The number of carbonyl (C=O) groups excluding carboxylic acids is 1. The number of nitrogens with one attached hydrogen (secondary N) is 1. The molecule has 1 amide bonds. The number of halogens is 1. The molecule has 0 fully saturated rings. The monoisotopic (exact) mass is 397 g/mol. The van der Waals surface area contributed by atoms with Crippen molar-refractivity contribution in [3.8, 4) is 23.0 Å². The van der Waals surface area contributed by atoms with Crippen molar-refractivity contribution in [2.75, 3.05) is 19.5 Å². The lowest BCUT2D eigenvalue weighted by Crippen LogP contribution is -2.12. The Labute approximate surface area is 168 Å². The Kier molecular flexibility index (Phi) is 6.06. The summed E-state index contributed by atoms with van der Waals surface area (Å²) in [4.78, 5) is 12.6. The van der Waals surface area contributed by atoms with E-state index in [0.717, 1.165) is 11.3 Å². The largest absolute Gasteiger partial charge is 0.493 e. The fraction of sp³-hybridized carbons (Fsp3) is 0.136. The van der Waals surface area contributed by atoms with Crippen molar-refractivity contribution in [2.45, 2.75) is 6.92 Å². The Bertz CT molecular complexity index is 986. The van der Waals surface area contributed by atoms with Crippen LogP contribution in [0.1, 0.15) is 15.9 Å². The minimum atomic E-state index is -0.310. The van der Waals surface area contributed by atoms with Crippen LogP contribution >= 0.6 is 11.6 Å². The SMILES string of the molecule is COc1cc(C(=O)Nc2ccc(Oc3ccccc3C)cc2)cc(Cl)c1OC. The van der Waals surface area contributed by atoms with E-state index in [1.807, 2.05) is 31.2 Å². The van der Waals surface area contributed by atoms with Gasteiger partial charge in [0.1, 0.15) is 11.5 Å². The molecule has 1 N–H and O–H groups in total. The molecule has 0 saturated carbocycles. The molecule has 0 unspecified atom stereocenters. The quantitative estimate of drug-likeness (QED) is 0.578. The second kappa shape index (κ2) is 8.67.